The summed E-state index contributed by atoms with van der Waals surface area (Å²) in [4.78, 5) is 2.70. The van der Waals surface area contributed by atoms with Crippen LogP contribution in [0.3, 0.4) is 0 Å². The molecular formula is C20H21ClN2. The van der Waals surface area contributed by atoms with Gasteiger partial charge in [0.1, 0.15) is 0 Å². The molecule has 0 unspecified atom stereocenters. The highest BCUT2D eigenvalue weighted by Crippen LogP contribution is 2.49. The van der Waals surface area contributed by atoms with Crippen molar-refractivity contribution < 1.29 is 0 Å². The fraction of sp³-hybridized carbons (Fsp3) is 0.400. The van der Waals surface area contributed by atoms with Crippen molar-refractivity contribution in [1.29, 1.82) is 0 Å². The van der Waals surface area contributed by atoms with E-state index in [0.717, 1.165) is 23.7 Å². The molecule has 0 saturated carbocycles. The SMILES string of the molecule is Clc1ccccc1-c1cc2c3c(c1)[C@H]1CNCC[C@H]1N3CCC2. The molecule has 2 atom stereocenters. The van der Waals surface area contributed by atoms with Gasteiger partial charge in [0.25, 0.3) is 0 Å². The summed E-state index contributed by atoms with van der Waals surface area (Å²) in [7, 11) is 0. The number of aryl methyl sites for hydroxylation is 1. The molecule has 0 bridgehead atoms. The molecule has 2 nitrogen and oxygen atoms in total. The monoisotopic (exact) mass is 324 g/mol. The summed E-state index contributed by atoms with van der Waals surface area (Å²) in [5.74, 6) is 0.637. The first-order valence-corrected chi connectivity index (χ1v) is 9.10. The minimum atomic E-state index is 0.637. The average molecular weight is 325 g/mol. The Morgan fingerprint density at radius 3 is 3.00 bits per heavy atom. The van der Waals surface area contributed by atoms with Crippen LogP contribution < -0.4 is 10.2 Å². The van der Waals surface area contributed by atoms with Crippen molar-refractivity contribution in [3.63, 3.8) is 0 Å². The molecule has 1 saturated heterocycles. The number of anilines is 1. The number of hydrogen-bond donors (Lipinski definition) is 1. The number of piperidine rings is 1. The van der Waals surface area contributed by atoms with Gasteiger partial charge in [-0.05, 0) is 60.7 Å². The Bertz CT molecular complexity index is 770. The fourth-order valence-corrected chi connectivity index (χ4v) is 5.06. The molecule has 3 heteroatoms. The minimum absolute atomic E-state index is 0.637. The number of nitrogens with one attached hydrogen (secondary N) is 1. The van der Waals surface area contributed by atoms with Crippen LogP contribution in [0.15, 0.2) is 36.4 Å². The van der Waals surface area contributed by atoms with E-state index in [2.05, 4.69) is 34.5 Å². The summed E-state index contributed by atoms with van der Waals surface area (Å²) < 4.78 is 0. The zero-order valence-corrected chi connectivity index (χ0v) is 13.9. The molecule has 0 aliphatic carbocycles. The second-order valence-electron chi connectivity index (χ2n) is 7.02. The average Bonchev–Trinajstić information content (AvgIpc) is 2.92. The van der Waals surface area contributed by atoms with E-state index >= 15 is 0 Å². The third-order valence-electron chi connectivity index (χ3n) is 5.78. The summed E-state index contributed by atoms with van der Waals surface area (Å²) >= 11 is 6.46. The number of rotatable bonds is 1. The van der Waals surface area contributed by atoms with Crippen LogP contribution in [0.2, 0.25) is 5.02 Å². The van der Waals surface area contributed by atoms with Gasteiger partial charge >= 0.3 is 0 Å². The summed E-state index contributed by atoms with van der Waals surface area (Å²) in [6.07, 6.45) is 3.74. The lowest BCUT2D eigenvalue weighted by molar-refractivity contribution is 0.400. The van der Waals surface area contributed by atoms with Gasteiger partial charge in [-0.25, -0.2) is 0 Å². The molecule has 3 aliphatic rings. The van der Waals surface area contributed by atoms with E-state index < -0.39 is 0 Å². The van der Waals surface area contributed by atoms with E-state index in [1.54, 1.807) is 11.3 Å². The number of benzene rings is 2. The van der Waals surface area contributed by atoms with Crippen LogP contribution in [0, 0.1) is 0 Å². The second kappa shape index (κ2) is 5.25. The highest BCUT2D eigenvalue weighted by atomic mass is 35.5. The van der Waals surface area contributed by atoms with E-state index in [4.69, 9.17) is 11.6 Å². The Labute approximate surface area is 142 Å². The Balaban J connectivity index is 1.70. The van der Waals surface area contributed by atoms with Gasteiger partial charge in [0.05, 0.1) is 0 Å². The van der Waals surface area contributed by atoms with Crippen LogP contribution in [0.4, 0.5) is 5.69 Å². The van der Waals surface area contributed by atoms with Crippen molar-refractivity contribution in [1.82, 2.24) is 5.32 Å². The molecule has 0 aromatic heterocycles. The molecular weight excluding hydrogens is 304 g/mol. The zero-order chi connectivity index (χ0) is 15.4. The molecule has 1 fully saturated rings. The maximum absolute atomic E-state index is 6.46. The van der Waals surface area contributed by atoms with Gasteiger partial charge in [0.15, 0.2) is 0 Å². The van der Waals surface area contributed by atoms with Crippen LogP contribution in [0.5, 0.6) is 0 Å². The smallest absolute Gasteiger partial charge is 0.0484 e. The first-order valence-electron chi connectivity index (χ1n) is 8.72. The van der Waals surface area contributed by atoms with Gasteiger partial charge in [-0.3, -0.25) is 0 Å². The highest BCUT2D eigenvalue weighted by molar-refractivity contribution is 6.33. The van der Waals surface area contributed by atoms with E-state index in [1.807, 2.05) is 12.1 Å². The fourth-order valence-electron chi connectivity index (χ4n) is 4.81. The predicted octanol–water partition coefficient (Wildman–Crippen LogP) is 4.22. The van der Waals surface area contributed by atoms with Gasteiger partial charge in [-0.15, -0.1) is 0 Å². The summed E-state index contributed by atoms with van der Waals surface area (Å²) in [6, 6.07) is 13.7. The van der Waals surface area contributed by atoms with E-state index in [1.165, 1.54) is 36.9 Å². The summed E-state index contributed by atoms with van der Waals surface area (Å²) in [5, 5.41) is 4.45. The number of nitrogens with zero attached hydrogens (tertiary/aromatic N) is 1. The van der Waals surface area contributed by atoms with Crippen molar-refractivity contribution in [2.75, 3.05) is 24.5 Å². The minimum Gasteiger partial charge on any atom is -0.367 e. The lowest BCUT2D eigenvalue weighted by Crippen LogP contribution is -2.45. The van der Waals surface area contributed by atoms with Crippen molar-refractivity contribution in [3.05, 3.63) is 52.5 Å². The molecule has 2 aromatic rings. The van der Waals surface area contributed by atoms with E-state index in [0.29, 0.717) is 12.0 Å². The molecule has 5 rings (SSSR count). The molecule has 1 N–H and O–H groups in total. The Hall–Kier alpha value is -1.51. The number of hydrogen-bond acceptors (Lipinski definition) is 2. The van der Waals surface area contributed by atoms with Crippen molar-refractivity contribution in [2.45, 2.75) is 31.2 Å². The normalized spacial score (nSPS) is 25.2. The number of halogens is 1. The Morgan fingerprint density at radius 2 is 2.09 bits per heavy atom. The molecule has 3 heterocycles. The van der Waals surface area contributed by atoms with Gasteiger partial charge in [-0.2, -0.15) is 0 Å². The Morgan fingerprint density at radius 1 is 1.17 bits per heavy atom. The van der Waals surface area contributed by atoms with Gasteiger partial charge in [0.2, 0.25) is 0 Å². The molecule has 0 amide bonds. The first-order chi connectivity index (χ1) is 11.3. The largest absolute Gasteiger partial charge is 0.367 e. The van der Waals surface area contributed by atoms with Crippen molar-refractivity contribution in [3.8, 4) is 11.1 Å². The summed E-state index contributed by atoms with van der Waals surface area (Å²) in [6.45, 7) is 3.49. The standard InChI is InChI=1S/C20H21ClN2/c21-18-6-2-1-5-15(18)14-10-13-4-3-9-23-19-7-8-22-12-17(19)16(11-14)20(13)23/h1-2,5-6,10-11,17,19,22H,3-4,7-9,12H2/t17-,19-/m1/s1. The summed E-state index contributed by atoms with van der Waals surface area (Å²) in [5.41, 5.74) is 7.08. The van der Waals surface area contributed by atoms with Crippen molar-refractivity contribution in [2.24, 2.45) is 0 Å². The molecule has 0 spiro atoms. The van der Waals surface area contributed by atoms with Crippen LogP contribution in [-0.2, 0) is 6.42 Å². The first kappa shape index (κ1) is 13.9. The van der Waals surface area contributed by atoms with Gasteiger partial charge in [-0.1, -0.05) is 29.8 Å². The van der Waals surface area contributed by atoms with Crippen molar-refractivity contribution >= 4 is 17.3 Å². The van der Waals surface area contributed by atoms with Crippen LogP contribution in [0.25, 0.3) is 11.1 Å². The lowest BCUT2D eigenvalue weighted by Gasteiger charge is -2.36. The van der Waals surface area contributed by atoms with Gasteiger partial charge in [0, 0.05) is 41.3 Å². The molecule has 23 heavy (non-hydrogen) atoms. The topological polar surface area (TPSA) is 15.3 Å². The number of fused-ring (bicyclic) bond motifs is 3. The van der Waals surface area contributed by atoms with Crippen LogP contribution in [0.1, 0.15) is 29.9 Å². The second-order valence-corrected chi connectivity index (χ2v) is 7.42. The lowest BCUT2D eigenvalue weighted by atomic mass is 9.87. The molecule has 118 valence electrons. The van der Waals surface area contributed by atoms with E-state index in [9.17, 15) is 0 Å². The molecule has 0 radical (unpaired) electrons. The maximum Gasteiger partial charge on any atom is 0.0484 e. The molecule has 3 aliphatic heterocycles. The third kappa shape index (κ3) is 2.05. The third-order valence-corrected chi connectivity index (χ3v) is 6.11. The predicted molar refractivity (Wildman–Crippen MR) is 96.6 cm³/mol. The van der Waals surface area contributed by atoms with E-state index in [-0.39, 0.29) is 0 Å². The quantitative estimate of drug-likeness (QED) is 0.845. The van der Waals surface area contributed by atoms with Crippen LogP contribution >= 0.6 is 11.6 Å². The Kier molecular flexibility index (Phi) is 3.17. The van der Waals surface area contributed by atoms with Crippen LogP contribution in [-0.4, -0.2) is 25.7 Å². The molecule has 2 aromatic carbocycles. The zero-order valence-electron chi connectivity index (χ0n) is 13.2. The highest BCUT2D eigenvalue weighted by Gasteiger charge is 2.42. The maximum atomic E-state index is 6.46. The van der Waals surface area contributed by atoms with Gasteiger partial charge < -0.3 is 10.2 Å².